The number of guanidine groups is 1. The summed E-state index contributed by atoms with van der Waals surface area (Å²) < 4.78 is 5.29. The highest BCUT2D eigenvalue weighted by Gasteiger charge is 2.19. The molecule has 0 radical (unpaired) electrons. The van der Waals surface area contributed by atoms with Gasteiger partial charge in [0.25, 0.3) is 5.91 Å². The standard InChI is InChI=1S/C23H30ClN5O2/c1-2-26-23(27-11-10-18-6-8-21(9-7-18)31-17-22(25)30)29-14-12-28(13-15-29)20-5-3-4-19(24)16-20/h3-9,16H,2,10-15,17H2,1H3,(H2,25,30)(H,26,27). The number of primary amides is 1. The number of nitrogens with one attached hydrogen (secondary N) is 1. The number of hydrogen-bond donors (Lipinski definition) is 2. The predicted molar refractivity (Wildman–Crippen MR) is 126 cm³/mol. The molecule has 2 aromatic carbocycles. The van der Waals surface area contributed by atoms with Gasteiger partial charge in [-0.05, 0) is 49.2 Å². The molecule has 3 N–H and O–H groups in total. The van der Waals surface area contributed by atoms with Crippen molar-refractivity contribution >= 4 is 29.2 Å². The van der Waals surface area contributed by atoms with Crippen molar-refractivity contribution in [2.45, 2.75) is 13.3 Å². The van der Waals surface area contributed by atoms with Crippen LogP contribution in [0, 0.1) is 0 Å². The number of amides is 1. The highest BCUT2D eigenvalue weighted by Crippen LogP contribution is 2.21. The maximum Gasteiger partial charge on any atom is 0.255 e. The Balaban J connectivity index is 1.51. The molecule has 0 saturated carbocycles. The molecule has 0 unspecified atom stereocenters. The number of aliphatic imine (C=N–C) groups is 1. The van der Waals surface area contributed by atoms with Crippen molar-refractivity contribution in [2.24, 2.45) is 10.7 Å². The monoisotopic (exact) mass is 443 g/mol. The highest BCUT2D eigenvalue weighted by atomic mass is 35.5. The van der Waals surface area contributed by atoms with Gasteiger partial charge in [0, 0.05) is 50.0 Å². The van der Waals surface area contributed by atoms with E-state index < -0.39 is 5.91 Å². The van der Waals surface area contributed by atoms with Crippen LogP contribution in [-0.4, -0.2) is 62.6 Å². The first-order valence-corrected chi connectivity index (χ1v) is 11.0. The Bertz CT molecular complexity index is 880. The second-order valence-electron chi connectivity index (χ2n) is 7.34. The lowest BCUT2D eigenvalue weighted by Gasteiger charge is -2.37. The van der Waals surface area contributed by atoms with Crippen LogP contribution in [0.15, 0.2) is 53.5 Å². The van der Waals surface area contributed by atoms with Gasteiger partial charge in [-0.1, -0.05) is 29.8 Å². The second-order valence-corrected chi connectivity index (χ2v) is 7.77. The Morgan fingerprint density at radius 1 is 1.16 bits per heavy atom. The Morgan fingerprint density at radius 2 is 1.90 bits per heavy atom. The topological polar surface area (TPSA) is 83.2 Å². The van der Waals surface area contributed by atoms with Gasteiger partial charge in [0.2, 0.25) is 0 Å². The van der Waals surface area contributed by atoms with E-state index in [1.165, 1.54) is 0 Å². The molecule has 31 heavy (non-hydrogen) atoms. The van der Waals surface area contributed by atoms with Crippen LogP contribution in [0.2, 0.25) is 5.02 Å². The molecule has 2 aromatic rings. The molecule has 166 valence electrons. The van der Waals surface area contributed by atoms with Crippen LogP contribution >= 0.6 is 11.6 Å². The molecular weight excluding hydrogens is 414 g/mol. The first-order chi connectivity index (χ1) is 15.0. The van der Waals surface area contributed by atoms with Crippen molar-refractivity contribution in [3.63, 3.8) is 0 Å². The van der Waals surface area contributed by atoms with Crippen molar-refractivity contribution in [1.82, 2.24) is 10.2 Å². The van der Waals surface area contributed by atoms with E-state index in [0.29, 0.717) is 12.3 Å². The van der Waals surface area contributed by atoms with Gasteiger partial charge >= 0.3 is 0 Å². The quantitative estimate of drug-likeness (QED) is 0.484. The molecule has 7 nitrogen and oxygen atoms in total. The van der Waals surface area contributed by atoms with Crippen LogP contribution in [0.5, 0.6) is 5.75 Å². The van der Waals surface area contributed by atoms with Gasteiger partial charge in [-0.3, -0.25) is 9.79 Å². The summed E-state index contributed by atoms with van der Waals surface area (Å²) in [5.41, 5.74) is 7.42. The van der Waals surface area contributed by atoms with Crippen LogP contribution in [0.4, 0.5) is 5.69 Å². The molecule has 8 heteroatoms. The van der Waals surface area contributed by atoms with E-state index in [2.05, 4.69) is 28.1 Å². The summed E-state index contributed by atoms with van der Waals surface area (Å²) in [6.45, 7) is 7.17. The zero-order valence-electron chi connectivity index (χ0n) is 17.9. The van der Waals surface area contributed by atoms with E-state index >= 15 is 0 Å². The third-order valence-electron chi connectivity index (χ3n) is 5.05. The Labute approximate surface area is 188 Å². The van der Waals surface area contributed by atoms with Gasteiger partial charge < -0.3 is 25.6 Å². The first kappa shape index (κ1) is 22.7. The zero-order valence-corrected chi connectivity index (χ0v) is 18.6. The number of anilines is 1. The molecule has 0 atom stereocenters. The van der Waals surface area contributed by atoms with Crippen molar-refractivity contribution in [1.29, 1.82) is 0 Å². The molecule has 1 aliphatic rings. The number of rotatable bonds is 8. The number of nitrogens with zero attached hydrogens (tertiary/aromatic N) is 3. The summed E-state index contributed by atoms with van der Waals surface area (Å²) in [4.78, 5) is 20.3. The normalized spacial score (nSPS) is 14.5. The fraction of sp³-hybridized carbons (Fsp3) is 0.391. The number of ether oxygens (including phenoxy) is 1. The average Bonchev–Trinajstić information content (AvgIpc) is 2.78. The predicted octanol–water partition coefficient (Wildman–Crippen LogP) is 2.53. The van der Waals surface area contributed by atoms with E-state index in [9.17, 15) is 4.79 Å². The van der Waals surface area contributed by atoms with E-state index in [-0.39, 0.29) is 6.61 Å². The smallest absolute Gasteiger partial charge is 0.255 e. The number of nitrogens with two attached hydrogens (primary N) is 1. The number of benzene rings is 2. The minimum Gasteiger partial charge on any atom is -0.484 e. The van der Waals surface area contributed by atoms with Gasteiger partial charge in [0.15, 0.2) is 12.6 Å². The molecule has 1 fully saturated rings. The van der Waals surface area contributed by atoms with Gasteiger partial charge in [0.05, 0.1) is 0 Å². The summed E-state index contributed by atoms with van der Waals surface area (Å²) >= 11 is 6.14. The third-order valence-corrected chi connectivity index (χ3v) is 5.29. The van der Waals surface area contributed by atoms with E-state index in [0.717, 1.165) is 61.4 Å². The molecule has 3 rings (SSSR count). The largest absolute Gasteiger partial charge is 0.484 e. The van der Waals surface area contributed by atoms with Crippen LogP contribution in [-0.2, 0) is 11.2 Å². The molecule has 0 aromatic heterocycles. The molecule has 1 saturated heterocycles. The van der Waals surface area contributed by atoms with Gasteiger partial charge in [-0.15, -0.1) is 0 Å². The van der Waals surface area contributed by atoms with Crippen molar-refractivity contribution in [3.8, 4) is 5.75 Å². The number of carbonyl (C=O) groups excluding carboxylic acids is 1. The Morgan fingerprint density at radius 3 is 2.55 bits per heavy atom. The van der Waals surface area contributed by atoms with Crippen molar-refractivity contribution in [3.05, 3.63) is 59.1 Å². The zero-order chi connectivity index (χ0) is 22.1. The van der Waals surface area contributed by atoms with Gasteiger partial charge in [0.1, 0.15) is 5.75 Å². The summed E-state index contributed by atoms with van der Waals surface area (Å²) in [7, 11) is 0. The third kappa shape index (κ3) is 7.07. The molecule has 0 spiro atoms. The number of hydrogen-bond acceptors (Lipinski definition) is 4. The van der Waals surface area contributed by atoms with Crippen molar-refractivity contribution < 1.29 is 9.53 Å². The van der Waals surface area contributed by atoms with E-state index in [1.807, 2.05) is 42.5 Å². The van der Waals surface area contributed by atoms with E-state index in [4.69, 9.17) is 27.1 Å². The Kier molecular flexibility index (Phi) is 8.41. The minimum atomic E-state index is -0.484. The van der Waals surface area contributed by atoms with Crippen LogP contribution in [0.3, 0.4) is 0 Å². The lowest BCUT2D eigenvalue weighted by Crippen LogP contribution is -2.52. The maximum atomic E-state index is 10.8. The lowest BCUT2D eigenvalue weighted by molar-refractivity contribution is -0.119. The summed E-state index contributed by atoms with van der Waals surface area (Å²) in [6.07, 6.45) is 0.827. The van der Waals surface area contributed by atoms with Gasteiger partial charge in [-0.25, -0.2) is 0 Å². The summed E-state index contributed by atoms with van der Waals surface area (Å²) in [5.74, 6) is 1.11. The summed E-state index contributed by atoms with van der Waals surface area (Å²) in [5, 5.41) is 4.18. The first-order valence-electron chi connectivity index (χ1n) is 10.6. The molecule has 1 heterocycles. The highest BCUT2D eigenvalue weighted by molar-refractivity contribution is 6.30. The fourth-order valence-electron chi connectivity index (χ4n) is 3.47. The Hall–Kier alpha value is -2.93. The van der Waals surface area contributed by atoms with Crippen LogP contribution < -0.4 is 20.7 Å². The van der Waals surface area contributed by atoms with Gasteiger partial charge in [-0.2, -0.15) is 0 Å². The lowest BCUT2D eigenvalue weighted by atomic mass is 10.1. The van der Waals surface area contributed by atoms with Crippen LogP contribution in [0.1, 0.15) is 12.5 Å². The molecular formula is C23H30ClN5O2. The van der Waals surface area contributed by atoms with Crippen molar-refractivity contribution in [2.75, 3.05) is 50.8 Å². The molecule has 1 amide bonds. The fourth-order valence-corrected chi connectivity index (χ4v) is 3.66. The van der Waals surface area contributed by atoms with E-state index in [1.54, 1.807) is 0 Å². The average molecular weight is 444 g/mol. The molecule has 0 aliphatic carbocycles. The summed E-state index contributed by atoms with van der Waals surface area (Å²) in [6, 6.07) is 15.7. The minimum absolute atomic E-state index is 0.111. The number of halogens is 1. The second kappa shape index (κ2) is 11.5. The molecule has 0 bridgehead atoms. The molecule has 1 aliphatic heterocycles. The number of carbonyl (C=O) groups is 1. The van der Waals surface area contributed by atoms with Crippen LogP contribution in [0.25, 0.3) is 0 Å². The number of piperazine rings is 1. The maximum absolute atomic E-state index is 10.8. The SMILES string of the molecule is CCNC(=NCCc1ccc(OCC(N)=O)cc1)N1CCN(c2cccc(Cl)c2)CC1.